The largest absolute Gasteiger partial charge is 0.444 e. The Morgan fingerprint density at radius 3 is 2.03 bits per heavy atom. The number of amides is 2. The van der Waals surface area contributed by atoms with Crippen molar-refractivity contribution in [3.05, 3.63) is 35.4 Å². The maximum atomic E-state index is 12.7. The van der Waals surface area contributed by atoms with Gasteiger partial charge < -0.3 is 19.3 Å². The fourth-order valence-electron chi connectivity index (χ4n) is 3.09. The Balaban J connectivity index is 2.18. The molecular formula is C22H32N2O5. The number of nitrogens with zero attached hydrogens (tertiary/aromatic N) is 2. The molecular weight excluding hydrogens is 372 g/mol. The predicted octanol–water partition coefficient (Wildman–Crippen LogP) is 3.90. The van der Waals surface area contributed by atoms with E-state index < -0.39 is 17.3 Å². The Hall–Kier alpha value is -2.57. The van der Waals surface area contributed by atoms with Crippen molar-refractivity contribution < 1.29 is 23.9 Å². The second-order valence-corrected chi connectivity index (χ2v) is 9.32. The quantitative estimate of drug-likeness (QED) is 0.714. The van der Waals surface area contributed by atoms with E-state index in [0.717, 1.165) is 11.8 Å². The molecule has 0 N–H and O–H groups in total. The summed E-state index contributed by atoms with van der Waals surface area (Å²) in [5.41, 5.74) is 0.381. The van der Waals surface area contributed by atoms with Crippen LogP contribution in [0.15, 0.2) is 24.3 Å². The summed E-state index contributed by atoms with van der Waals surface area (Å²) in [5, 5.41) is 0. The van der Waals surface area contributed by atoms with Crippen molar-refractivity contribution in [3.8, 4) is 0 Å². The van der Waals surface area contributed by atoms with Crippen LogP contribution in [0.2, 0.25) is 0 Å². The zero-order valence-electron chi connectivity index (χ0n) is 18.2. The van der Waals surface area contributed by atoms with Crippen molar-refractivity contribution >= 4 is 18.5 Å². The maximum absolute atomic E-state index is 12.7. The van der Waals surface area contributed by atoms with Gasteiger partial charge in [0.15, 0.2) is 0 Å². The molecule has 7 heteroatoms. The molecule has 2 rings (SSSR count). The van der Waals surface area contributed by atoms with Crippen LogP contribution in [0.5, 0.6) is 0 Å². The molecule has 0 aromatic heterocycles. The highest BCUT2D eigenvalue weighted by Gasteiger charge is 2.36. The van der Waals surface area contributed by atoms with E-state index in [4.69, 9.17) is 9.47 Å². The van der Waals surface area contributed by atoms with E-state index in [2.05, 4.69) is 0 Å². The minimum absolute atomic E-state index is 0.256. The lowest BCUT2D eigenvalue weighted by Gasteiger charge is -2.42. The minimum Gasteiger partial charge on any atom is -0.444 e. The van der Waals surface area contributed by atoms with Crippen LogP contribution in [-0.2, 0) is 15.9 Å². The molecule has 0 bridgehead atoms. The first-order valence-corrected chi connectivity index (χ1v) is 9.89. The molecule has 0 saturated carbocycles. The normalized spacial score (nSPS) is 17.7. The van der Waals surface area contributed by atoms with E-state index in [1.54, 1.807) is 21.9 Å². The van der Waals surface area contributed by atoms with Crippen molar-refractivity contribution in [3.63, 3.8) is 0 Å². The van der Waals surface area contributed by atoms with Gasteiger partial charge in [0.05, 0.1) is 6.04 Å². The van der Waals surface area contributed by atoms with E-state index in [1.807, 2.05) is 53.7 Å². The molecule has 1 aliphatic heterocycles. The Morgan fingerprint density at radius 2 is 1.52 bits per heavy atom. The van der Waals surface area contributed by atoms with Gasteiger partial charge in [0.1, 0.15) is 17.5 Å². The van der Waals surface area contributed by atoms with Crippen LogP contribution in [-0.4, -0.2) is 65.2 Å². The van der Waals surface area contributed by atoms with E-state index in [-0.39, 0.29) is 12.1 Å². The molecule has 1 atom stereocenters. The van der Waals surface area contributed by atoms with Crippen molar-refractivity contribution in [1.29, 1.82) is 0 Å². The first-order valence-electron chi connectivity index (χ1n) is 9.89. The van der Waals surface area contributed by atoms with Crippen LogP contribution in [0, 0.1) is 0 Å². The fourth-order valence-corrected chi connectivity index (χ4v) is 3.09. The molecule has 0 radical (unpaired) electrons. The maximum Gasteiger partial charge on any atom is 0.410 e. The Kier molecular flexibility index (Phi) is 6.93. The molecule has 0 aliphatic carbocycles. The van der Waals surface area contributed by atoms with E-state index in [9.17, 15) is 14.4 Å². The number of hydrogen-bond acceptors (Lipinski definition) is 5. The molecule has 1 heterocycles. The predicted molar refractivity (Wildman–Crippen MR) is 110 cm³/mol. The third-order valence-corrected chi connectivity index (χ3v) is 4.35. The molecule has 29 heavy (non-hydrogen) atoms. The number of carbonyl (C=O) groups is 3. The van der Waals surface area contributed by atoms with Gasteiger partial charge in [-0.25, -0.2) is 9.59 Å². The Bertz CT molecular complexity index is 731. The van der Waals surface area contributed by atoms with Crippen LogP contribution in [0.1, 0.15) is 57.5 Å². The van der Waals surface area contributed by atoms with Crippen molar-refractivity contribution in [2.24, 2.45) is 0 Å². The number of piperazine rings is 1. The number of benzene rings is 1. The lowest BCUT2D eigenvalue weighted by atomic mass is 10.0. The van der Waals surface area contributed by atoms with Gasteiger partial charge in [-0.1, -0.05) is 24.3 Å². The summed E-state index contributed by atoms with van der Waals surface area (Å²) >= 11 is 0. The summed E-state index contributed by atoms with van der Waals surface area (Å²) in [7, 11) is 0. The SMILES string of the molecule is CC(C)(C)OC(=O)N1CCN(C(=O)OC(C)(C)C)[C@H](Cc2ccc(C=O)cc2)C1. The van der Waals surface area contributed by atoms with Crippen molar-refractivity contribution in [2.45, 2.75) is 65.2 Å². The molecule has 160 valence electrons. The van der Waals surface area contributed by atoms with Crippen molar-refractivity contribution in [1.82, 2.24) is 9.80 Å². The highest BCUT2D eigenvalue weighted by Crippen LogP contribution is 2.21. The van der Waals surface area contributed by atoms with Crippen LogP contribution >= 0.6 is 0 Å². The average Bonchev–Trinajstić information content (AvgIpc) is 2.59. The molecule has 0 spiro atoms. The number of carbonyl (C=O) groups excluding carboxylic acids is 3. The van der Waals surface area contributed by atoms with E-state index in [1.165, 1.54) is 0 Å². The molecule has 1 aromatic rings. The Labute approximate surface area is 172 Å². The van der Waals surface area contributed by atoms with Gasteiger partial charge in [0.25, 0.3) is 0 Å². The first-order chi connectivity index (χ1) is 13.4. The molecule has 0 unspecified atom stereocenters. The number of ether oxygens (including phenoxy) is 2. The van der Waals surface area contributed by atoms with Gasteiger partial charge in [-0.3, -0.25) is 4.79 Å². The monoisotopic (exact) mass is 404 g/mol. The van der Waals surface area contributed by atoms with Crippen LogP contribution in [0.25, 0.3) is 0 Å². The van der Waals surface area contributed by atoms with E-state index >= 15 is 0 Å². The molecule has 1 aromatic carbocycles. The van der Waals surface area contributed by atoms with Gasteiger partial charge in [0, 0.05) is 25.2 Å². The first kappa shape index (κ1) is 22.7. The van der Waals surface area contributed by atoms with Crippen LogP contribution < -0.4 is 0 Å². The second-order valence-electron chi connectivity index (χ2n) is 9.32. The molecule has 1 fully saturated rings. The smallest absolute Gasteiger partial charge is 0.410 e. The third-order valence-electron chi connectivity index (χ3n) is 4.35. The molecule has 1 aliphatic rings. The number of hydrogen-bond donors (Lipinski definition) is 0. The summed E-state index contributed by atoms with van der Waals surface area (Å²) < 4.78 is 11.1. The zero-order valence-corrected chi connectivity index (χ0v) is 18.2. The zero-order chi connectivity index (χ0) is 21.8. The topological polar surface area (TPSA) is 76.2 Å². The molecule has 2 amide bonds. The summed E-state index contributed by atoms with van der Waals surface area (Å²) in [4.78, 5) is 39.5. The van der Waals surface area contributed by atoms with Gasteiger partial charge >= 0.3 is 12.2 Å². The summed E-state index contributed by atoms with van der Waals surface area (Å²) in [5.74, 6) is 0. The highest BCUT2D eigenvalue weighted by atomic mass is 16.6. The highest BCUT2D eigenvalue weighted by molar-refractivity contribution is 5.74. The van der Waals surface area contributed by atoms with E-state index in [0.29, 0.717) is 31.6 Å². The number of rotatable bonds is 3. The fraction of sp³-hybridized carbons (Fsp3) is 0.591. The van der Waals surface area contributed by atoms with Gasteiger partial charge in [-0.05, 0) is 53.5 Å². The van der Waals surface area contributed by atoms with Gasteiger partial charge in [-0.15, -0.1) is 0 Å². The molecule has 1 saturated heterocycles. The Morgan fingerprint density at radius 1 is 0.966 bits per heavy atom. The third kappa shape index (κ3) is 7.07. The van der Waals surface area contributed by atoms with Crippen LogP contribution in [0.4, 0.5) is 9.59 Å². The average molecular weight is 405 g/mol. The van der Waals surface area contributed by atoms with Gasteiger partial charge in [-0.2, -0.15) is 0 Å². The lowest BCUT2D eigenvalue weighted by molar-refractivity contribution is -0.0146. The summed E-state index contributed by atoms with van der Waals surface area (Å²) in [6.07, 6.45) is 0.553. The minimum atomic E-state index is -0.602. The van der Waals surface area contributed by atoms with Crippen molar-refractivity contribution in [2.75, 3.05) is 19.6 Å². The molecule has 7 nitrogen and oxygen atoms in total. The van der Waals surface area contributed by atoms with Crippen LogP contribution in [0.3, 0.4) is 0 Å². The standard InChI is InChI=1S/C22H32N2O5/c1-21(2,3)28-19(26)23-11-12-24(20(27)29-22(4,5)6)18(14-23)13-16-7-9-17(15-25)10-8-16/h7-10,15,18H,11-14H2,1-6H3/t18-/m1/s1. The second kappa shape index (κ2) is 8.84. The number of aldehydes is 1. The summed E-state index contributed by atoms with van der Waals surface area (Å²) in [6, 6.07) is 6.96. The van der Waals surface area contributed by atoms with Gasteiger partial charge in [0.2, 0.25) is 0 Å². The lowest BCUT2D eigenvalue weighted by Crippen LogP contribution is -2.58. The summed E-state index contributed by atoms with van der Waals surface area (Å²) in [6.45, 7) is 12.1.